The van der Waals surface area contributed by atoms with Gasteiger partial charge in [-0.05, 0) is 24.6 Å². The highest BCUT2D eigenvalue weighted by molar-refractivity contribution is 5.85. The van der Waals surface area contributed by atoms with E-state index in [4.69, 9.17) is 4.74 Å². The van der Waals surface area contributed by atoms with Crippen molar-refractivity contribution in [3.8, 4) is 5.75 Å². The van der Waals surface area contributed by atoms with Gasteiger partial charge in [-0.15, -0.1) is 0 Å². The SMILES string of the molecule is COc1ccc(CC(=O)C(C)OC=O)cc1. The zero-order chi connectivity index (χ0) is 12.0. The van der Waals surface area contributed by atoms with Crippen LogP contribution in [0.15, 0.2) is 24.3 Å². The largest absolute Gasteiger partial charge is 0.497 e. The van der Waals surface area contributed by atoms with E-state index in [9.17, 15) is 9.59 Å². The fourth-order valence-electron chi connectivity index (χ4n) is 1.25. The van der Waals surface area contributed by atoms with Crippen LogP contribution in [-0.2, 0) is 20.7 Å². The van der Waals surface area contributed by atoms with Gasteiger partial charge in [0.05, 0.1) is 7.11 Å². The van der Waals surface area contributed by atoms with E-state index in [1.54, 1.807) is 26.2 Å². The Balaban J connectivity index is 2.58. The lowest BCUT2D eigenvalue weighted by atomic mass is 10.1. The summed E-state index contributed by atoms with van der Waals surface area (Å²) in [6, 6.07) is 7.19. The molecular weight excluding hydrogens is 208 g/mol. The van der Waals surface area contributed by atoms with Crippen molar-refractivity contribution in [2.45, 2.75) is 19.4 Å². The van der Waals surface area contributed by atoms with Gasteiger partial charge in [-0.1, -0.05) is 12.1 Å². The zero-order valence-corrected chi connectivity index (χ0v) is 9.30. The number of benzene rings is 1. The molecule has 0 N–H and O–H groups in total. The van der Waals surface area contributed by atoms with E-state index in [2.05, 4.69) is 4.74 Å². The highest BCUT2D eigenvalue weighted by atomic mass is 16.5. The van der Waals surface area contributed by atoms with Crippen LogP contribution < -0.4 is 4.74 Å². The van der Waals surface area contributed by atoms with Crippen LogP contribution in [0.25, 0.3) is 0 Å². The van der Waals surface area contributed by atoms with E-state index < -0.39 is 6.10 Å². The predicted molar refractivity (Wildman–Crippen MR) is 58.3 cm³/mol. The van der Waals surface area contributed by atoms with Gasteiger partial charge in [-0.2, -0.15) is 0 Å². The normalized spacial score (nSPS) is 11.6. The predicted octanol–water partition coefficient (Wildman–Crippen LogP) is 1.37. The minimum atomic E-state index is -0.695. The van der Waals surface area contributed by atoms with E-state index in [0.29, 0.717) is 0 Å². The maximum absolute atomic E-state index is 11.5. The number of ketones is 1. The number of hydrogen-bond acceptors (Lipinski definition) is 4. The van der Waals surface area contributed by atoms with Crippen LogP contribution in [0, 0.1) is 0 Å². The Morgan fingerprint density at radius 1 is 1.38 bits per heavy atom. The molecule has 1 atom stereocenters. The van der Waals surface area contributed by atoms with E-state index in [1.165, 1.54) is 0 Å². The zero-order valence-electron chi connectivity index (χ0n) is 9.30. The summed E-state index contributed by atoms with van der Waals surface area (Å²) in [5, 5.41) is 0. The number of ether oxygens (including phenoxy) is 2. The van der Waals surface area contributed by atoms with Crippen molar-refractivity contribution in [3.05, 3.63) is 29.8 Å². The molecule has 86 valence electrons. The van der Waals surface area contributed by atoms with Crippen LogP contribution in [0.2, 0.25) is 0 Å². The maximum Gasteiger partial charge on any atom is 0.293 e. The first-order valence-electron chi connectivity index (χ1n) is 4.92. The molecule has 4 nitrogen and oxygen atoms in total. The van der Waals surface area contributed by atoms with Crippen molar-refractivity contribution < 1.29 is 19.1 Å². The van der Waals surface area contributed by atoms with Gasteiger partial charge in [0.1, 0.15) is 5.75 Å². The standard InChI is InChI=1S/C12H14O4/c1-9(16-8-13)12(14)7-10-3-5-11(15-2)6-4-10/h3-6,8-9H,7H2,1-2H3. The van der Waals surface area contributed by atoms with Crippen LogP contribution in [0.5, 0.6) is 5.75 Å². The quantitative estimate of drug-likeness (QED) is 0.682. The highest BCUT2D eigenvalue weighted by Crippen LogP contribution is 2.12. The Bertz CT molecular complexity index is 356. The fraction of sp³-hybridized carbons (Fsp3) is 0.333. The molecule has 0 fully saturated rings. The van der Waals surface area contributed by atoms with Crippen LogP contribution in [0.3, 0.4) is 0 Å². The minimum absolute atomic E-state index is 0.128. The average Bonchev–Trinajstić information content (AvgIpc) is 2.30. The lowest BCUT2D eigenvalue weighted by molar-refractivity contribution is -0.142. The summed E-state index contributed by atoms with van der Waals surface area (Å²) in [5.74, 6) is 0.616. The number of hydrogen-bond donors (Lipinski definition) is 0. The molecule has 0 amide bonds. The number of methoxy groups -OCH3 is 1. The monoisotopic (exact) mass is 222 g/mol. The Labute approximate surface area is 94.2 Å². The molecule has 0 aliphatic heterocycles. The summed E-state index contributed by atoms with van der Waals surface area (Å²) < 4.78 is 9.57. The van der Waals surface area contributed by atoms with Gasteiger partial charge < -0.3 is 9.47 Å². The molecule has 0 heterocycles. The molecule has 16 heavy (non-hydrogen) atoms. The Kier molecular flexibility index (Phi) is 4.51. The van der Waals surface area contributed by atoms with Gasteiger partial charge in [0, 0.05) is 6.42 Å². The summed E-state index contributed by atoms with van der Waals surface area (Å²) in [5.41, 5.74) is 0.868. The van der Waals surface area contributed by atoms with E-state index >= 15 is 0 Å². The Hall–Kier alpha value is -1.84. The number of carbonyl (C=O) groups is 2. The molecule has 0 bridgehead atoms. The Morgan fingerprint density at radius 3 is 2.50 bits per heavy atom. The van der Waals surface area contributed by atoms with Gasteiger partial charge in [0.25, 0.3) is 6.47 Å². The molecular formula is C12H14O4. The van der Waals surface area contributed by atoms with Gasteiger partial charge in [-0.25, -0.2) is 0 Å². The topological polar surface area (TPSA) is 52.6 Å². The summed E-state index contributed by atoms with van der Waals surface area (Å²) in [6.45, 7) is 1.84. The van der Waals surface area contributed by atoms with Gasteiger partial charge in [0.2, 0.25) is 0 Å². The Morgan fingerprint density at radius 2 is 2.00 bits per heavy atom. The molecule has 1 unspecified atom stereocenters. The third kappa shape index (κ3) is 3.38. The fourth-order valence-corrected chi connectivity index (χ4v) is 1.25. The molecule has 1 aromatic rings. The second-order valence-electron chi connectivity index (χ2n) is 3.37. The summed E-state index contributed by atoms with van der Waals surface area (Å²) in [6.07, 6.45) is -0.446. The lowest BCUT2D eigenvalue weighted by Gasteiger charge is -2.08. The first-order chi connectivity index (χ1) is 7.67. The molecule has 4 heteroatoms. The van der Waals surface area contributed by atoms with E-state index in [-0.39, 0.29) is 18.7 Å². The molecule has 0 aliphatic rings. The molecule has 0 saturated carbocycles. The summed E-state index contributed by atoms with van der Waals surface area (Å²) in [4.78, 5) is 21.6. The third-order valence-electron chi connectivity index (χ3n) is 2.25. The molecule has 0 aliphatic carbocycles. The number of Topliss-reactive ketones (excluding diaryl/α,β-unsaturated/α-hetero) is 1. The van der Waals surface area contributed by atoms with E-state index in [1.807, 2.05) is 12.1 Å². The maximum atomic E-state index is 11.5. The smallest absolute Gasteiger partial charge is 0.293 e. The molecule has 0 saturated heterocycles. The molecule has 1 rings (SSSR count). The molecule has 0 spiro atoms. The molecule has 1 aromatic carbocycles. The molecule has 0 aromatic heterocycles. The second-order valence-corrected chi connectivity index (χ2v) is 3.37. The lowest BCUT2D eigenvalue weighted by Crippen LogP contribution is -2.21. The number of rotatable bonds is 6. The third-order valence-corrected chi connectivity index (χ3v) is 2.25. The summed E-state index contributed by atoms with van der Waals surface area (Å²) in [7, 11) is 1.58. The second kappa shape index (κ2) is 5.90. The molecule has 0 radical (unpaired) electrons. The van der Waals surface area contributed by atoms with Gasteiger partial charge >= 0.3 is 0 Å². The van der Waals surface area contributed by atoms with Crippen molar-refractivity contribution >= 4 is 12.3 Å². The van der Waals surface area contributed by atoms with Crippen molar-refractivity contribution in [1.29, 1.82) is 0 Å². The van der Waals surface area contributed by atoms with Crippen molar-refractivity contribution in [1.82, 2.24) is 0 Å². The van der Waals surface area contributed by atoms with Crippen molar-refractivity contribution in [2.75, 3.05) is 7.11 Å². The van der Waals surface area contributed by atoms with Crippen molar-refractivity contribution in [3.63, 3.8) is 0 Å². The number of carbonyl (C=O) groups excluding carboxylic acids is 2. The average molecular weight is 222 g/mol. The van der Waals surface area contributed by atoms with Gasteiger partial charge in [-0.3, -0.25) is 9.59 Å². The van der Waals surface area contributed by atoms with Gasteiger partial charge in [0.15, 0.2) is 11.9 Å². The van der Waals surface area contributed by atoms with Crippen LogP contribution in [0.4, 0.5) is 0 Å². The summed E-state index contributed by atoms with van der Waals surface area (Å²) >= 11 is 0. The first-order valence-corrected chi connectivity index (χ1v) is 4.92. The highest BCUT2D eigenvalue weighted by Gasteiger charge is 2.13. The van der Waals surface area contributed by atoms with E-state index in [0.717, 1.165) is 11.3 Å². The van der Waals surface area contributed by atoms with Crippen LogP contribution in [0.1, 0.15) is 12.5 Å². The first kappa shape index (κ1) is 12.2. The minimum Gasteiger partial charge on any atom is -0.497 e. The van der Waals surface area contributed by atoms with Crippen molar-refractivity contribution in [2.24, 2.45) is 0 Å². The van der Waals surface area contributed by atoms with Crippen LogP contribution >= 0.6 is 0 Å². The van der Waals surface area contributed by atoms with Crippen LogP contribution in [-0.4, -0.2) is 25.5 Å².